The third-order valence-electron chi connectivity index (χ3n) is 5.85. The van der Waals surface area contributed by atoms with Crippen molar-refractivity contribution < 1.29 is 0 Å². The summed E-state index contributed by atoms with van der Waals surface area (Å²) in [7, 11) is 0. The third kappa shape index (κ3) is 6.63. The minimum atomic E-state index is 0.482. The molecule has 0 aliphatic heterocycles. The standard InChI is InChI=1S/C27H39N/c1-6-12-25(19-23-16-17-26(21(4)5)24(8-3)18-23)27(13-7-2)28-20-22-14-10-9-11-15-22/h7,9-10,14,16-18,25,27-28H,2,4,6,8,11-13,15,19-20H2,1,3,5H3. The van der Waals surface area contributed by atoms with Crippen molar-refractivity contribution in [2.75, 3.05) is 6.54 Å². The highest BCUT2D eigenvalue weighted by Gasteiger charge is 2.21. The molecule has 0 bridgehead atoms. The first-order chi connectivity index (χ1) is 13.6. The van der Waals surface area contributed by atoms with Crippen LogP contribution in [-0.2, 0) is 12.8 Å². The Morgan fingerprint density at radius 1 is 1.29 bits per heavy atom. The summed E-state index contributed by atoms with van der Waals surface area (Å²) < 4.78 is 0. The van der Waals surface area contributed by atoms with Gasteiger partial charge in [0.25, 0.3) is 0 Å². The molecule has 152 valence electrons. The lowest BCUT2D eigenvalue weighted by Crippen LogP contribution is -2.38. The summed E-state index contributed by atoms with van der Waals surface area (Å²) in [5, 5.41) is 3.87. The molecule has 28 heavy (non-hydrogen) atoms. The Bertz CT molecular complexity index is 707. The Labute approximate surface area is 173 Å². The SMILES string of the molecule is C=CCC(NCC1=CC=CCC1)C(CCC)Cc1ccc(C(=C)C)c(CC)c1. The van der Waals surface area contributed by atoms with Gasteiger partial charge in [0.05, 0.1) is 0 Å². The van der Waals surface area contributed by atoms with Gasteiger partial charge in [0.2, 0.25) is 0 Å². The molecular formula is C27H39N. The van der Waals surface area contributed by atoms with Crippen LogP contribution in [0.5, 0.6) is 0 Å². The monoisotopic (exact) mass is 377 g/mol. The first kappa shape index (κ1) is 22.4. The van der Waals surface area contributed by atoms with Gasteiger partial charge in [-0.15, -0.1) is 6.58 Å². The van der Waals surface area contributed by atoms with Crippen LogP contribution in [0, 0.1) is 5.92 Å². The first-order valence-corrected chi connectivity index (χ1v) is 11.1. The molecule has 0 saturated carbocycles. The van der Waals surface area contributed by atoms with Gasteiger partial charge in [0, 0.05) is 12.6 Å². The smallest absolute Gasteiger partial charge is 0.0170 e. The first-order valence-electron chi connectivity index (χ1n) is 11.1. The van der Waals surface area contributed by atoms with E-state index in [-0.39, 0.29) is 0 Å². The van der Waals surface area contributed by atoms with Crippen LogP contribution >= 0.6 is 0 Å². The van der Waals surface area contributed by atoms with Crippen LogP contribution in [0.1, 0.15) is 69.6 Å². The van der Waals surface area contributed by atoms with Gasteiger partial charge in [-0.3, -0.25) is 0 Å². The van der Waals surface area contributed by atoms with Crippen LogP contribution < -0.4 is 5.32 Å². The van der Waals surface area contributed by atoms with E-state index in [4.69, 9.17) is 0 Å². The Morgan fingerprint density at radius 3 is 2.71 bits per heavy atom. The van der Waals surface area contributed by atoms with Crippen molar-refractivity contribution in [3.63, 3.8) is 0 Å². The van der Waals surface area contributed by atoms with Gasteiger partial charge in [-0.05, 0) is 68.1 Å². The molecule has 0 radical (unpaired) electrons. The summed E-state index contributed by atoms with van der Waals surface area (Å²) in [6, 6.07) is 7.47. The number of benzene rings is 1. The normalized spacial score (nSPS) is 15.8. The maximum Gasteiger partial charge on any atom is 0.0170 e. The summed E-state index contributed by atoms with van der Waals surface area (Å²) in [4.78, 5) is 0. The number of rotatable bonds is 12. The molecule has 0 spiro atoms. The molecular weight excluding hydrogens is 338 g/mol. The van der Waals surface area contributed by atoms with Crippen molar-refractivity contribution in [3.8, 4) is 0 Å². The van der Waals surface area contributed by atoms with E-state index in [0.29, 0.717) is 12.0 Å². The third-order valence-corrected chi connectivity index (χ3v) is 5.85. The van der Waals surface area contributed by atoms with E-state index in [9.17, 15) is 0 Å². The molecule has 0 heterocycles. The molecule has 2 atom stereocenters. The summed E-state index contributed by atoms with van der Waals surface area (Å²) in [6.07, 6.45) is 16.8. The van der Waals surface area contributed by atoms with Gasteiger partial charge in [-0.2, -0.15) is 0 Å². The van der Waals surface area contributed by atoms with Crippen LogP contribution in [0.3, 0.4) is 0 Å². The van der Waals surface area contributed by atoms with Gasteiger partial charge in [0.1, 0.15) is 0 Å². The van der Waals surface area contributed by atoms with Crippen molar-refractivity contribution in [1.82, 2.24) is 5.32 Å². The number of hydrogen-bond acceptors (Lipinski definition) is 1. The lowest BCUT2D eigenvalue weighted by Gasteiger charge is -2.28. The van der Waals surface area contributed by atoms with Gasteiger partial charge < -0.3 is 5.32 Å². The number of hydrogen-bond donors (Lipinski definition) is 1. The van der Waals surface area contributed by atoms with Gasteiger partial charge in [0.15, 0.2) is 0 Å². The molecule has 0 amide bonds. The highest BCUT2D eigenvalue weighted by atomic mass is 14.9. The van der Waals surface area contributed by atoms with Crippen molar-refractivity contribution in [2.24, 2.45) is 5.92 Å². The zero-order chi connectivity index (χ0) is 20.4. The van der Waals surface area contributed by atoms with E-state index in [2.05, 4.69) is 81.7 Å². The molecule has 0 saturated heterocycles. The quantitative estimate of drug-likeness (QED) is 0.385. The molecule has 2 rings (SSSR count). The van der Waals surface area contributed by atoms with E-state index < -0.39 is 0 Å². The molecule has 1 N–H and O–H groups in total. The number of allylic oxidation sites excluding steroid dienone is 4. The van der Waals surface area contributed by atoms with Crippen molar-refractivity contribution in [3.05, 3.63) is 77.9 Å². The zero-order valence-electron chi connectivity index (χ0n) is 18.3. The molecule has 1 nitrogen and oxygen atoms in total. The molecule has 2 unspecified atom stereocenters. The average Bonchev–Trinajstić information content (AvgIpc) is 2.71. The number of nitrogens with one attached hydrogen (secondary N) is 1. The van der Waals surface area contributed by atoms with Crippen LogP contribution in [0.25, 0.3) is 5.57 Å². The minimum Gasteiger partial charge on any atom is -0.310 e. The predicted octanol–water partition coefficient (Wildman–Crippen LogP) is 7.05. The largest absolute Gasteiger partial charge is 0.310 e. The Hall–Kier alpha value is -1.86. The Morgan fingerprint density at radius 2 is 2.11 bits per heavy atom. The van der Waals surface area contributed by atoms with Crippen molar-refractivity contribution in [2.45, 2.75) is 71.8 Å². The molecule has 1 aromatic carbocycles. The second kappa shape index (κ2) is 11.9. The average molecular weight is 378 g/mol. The van der Waals surface area contributed by atoms with Crippen molar-refractivity contribution >= 4 is 5.57 Å². The summed E-state index contributed by atoms with van der Waals surface area (Å²) in [5.41, 5.74) is 6.88. The van der Waals surface area contributed by atoms with Crippen LogP contribution in [0.2, 0.25) is 0 Å². The van der Waals surface area contributed by atoms with Gasteiger partial charge >= 0.3 is 0 Å². The minimum absolute atomic E-state index is 0.482. The zero-order valence-corrected chi connectivity index (χ0v) is 18.3. The van der Waals surface area contributed by atoms with Crippen molar-refractivity contribution in [1.29, 1.82) is 0 Å². The summed E-state index contributed by atoms with van der Waals surface area (Å²) >= 11 is 0. The Balaban J connectivity index is 2.13. The fourth-order valence-electron chi connectivity index (χ4n) is 4.29. The highest BCUT2D eigenvalue weighted by molar-refractivity contribution is 5.65. The molecule has 1 heteroatoms. The maximum absolute atomic E-state index is 4.14. The van der Waals surface area contributed by atoms with Crippen LogP contribution in [0.4, 0.5) is 0 Å². The van der Waals surface area contributed by atoms with E-state index in [1.165, 1.54) is 47.9 Å². The Kier molecular flexibility index (Phi) is 9.50. The summed E-state index contributed by atoms with van der Waals surface area (Å²) in [5.74, 6) is 0.628. The molecule has 1 aliphatic carbocycles. The molecule has 0 aromatic heterocycles. The van der Waals surface area contributed by atoms with E-state index in [0.717, 1.165) is 31.4 Å². The second-order valence-electron chi connectivity index (χ2n) is 8.18. The topological polar surface area (TPSA) is 12.0 Å². The van der Waals surface area contributed by atoms with Gasteiger partial charge in [-0.25, -0.2) is 0 Å². The molecule has 0 fully saturated rings. The molecule has 1 aromatic rings. The maximum atomic E-state index is 4.14. The lowest BCUT2D eigenvalue weighted by atomic mass is 9.85. The summed E-state index contributed by atoms with van der Waals surface area (Å²) in [6.45, 7) is 15.8. The number of aryl methyl sites for hydroxylation is 1. The fraction of sp³-hybridized carbons (Fsp3) is 0.481. The van der Waals surface area contributed by atoms with E-state index >= 15 is 0 Å². The van der Waals surface area contributed by atoms with Crippen LogP contribution in [-0.4, -0.2) is 12.6 Å². The fourth-order valence-corrected chi connectivity index (χ4v) is 4.29. The van der Waals surface area contributed by atoms with E-state index in [1.807, 2.05) is 0 Å². The second-order valence-corrected chi connectivity index (χ2v) is 8.18. The molecule has 1 aliphatic rings. The lowest BCUT2D eigenvalue weighted by molar-refractivity contribution is 0.336. The highest BCUT2D eigenvalue weighted by Crippen LogP contribution is 2.25. The van der Waals surface area contributed by atoms with E-state index in [1.54, 1.807) is 0 Å². The van der Waals surface area contributed by atoms with Gasteiger partial charge in [-0.1, -0.05) is 80.5 Å². The van der Waals surface area contributed by atoms with Crippen LogP contribution in [0.15, 0.2) is 61.2 Å². The predicted molar refractivity (Wildman–Crippen MR) is 126 cm³/mol.